The van der Waals surface area contributed by atoms with E-state index in [-0.39, 0.29) is 18.2 Å². The lowest BCUT2D eigenvalue weighted by molar-refractivity contribution is -0.114. The standard InChI is InChI=1S/C12H16N2O3/c1-8(15)14-11-6-9(17-3)4-5-10(11)12(16)7-13-2/h4-6,13H,7H2,1-3H3,(H,14,15). The van der Waals surface area contributed by atoms with Crippen molar-refractivity contribution in [3.63, 3.8) is 0 Å². The van der Waals surface area contributed by atoms with Crippen LogP contribution in [0.5, 0.6) is 5.75 Å². The molecule has 1 rings (SSSR count). The summed E-state index contributed by atoms with van der Waals surface area (Å²) in [6.45, 7) is 1.62. The average molecular weight is 236 g/mol. The van der Waals surface area contributed by atoms with E-state index in [9.17, 15) is 9.59 Å². The summed E-state index contributed by atoms with van der Waals surface area (Å²) in [6.07, 6.45) is 0. The Morgan fingerprint density at radius 1 is 1.35 bits per heavy atom. The number of amides is 1. The molecule has 0 aliphatic heterocycles. The van der Waals surface area contributed by atoms with Crippen LogP contribution in [0.2, 0.25) is 0 Å². The maximum absolute atomic E-state index is 11.8. The number of carbonyl (C=O) groups is 2. The first-order valence-corrected chi connectivity index (χ1v) is 5.22. The zero-order valence-electron chi connectivity index (χ0n) is 10.2. The minimum absolute atomic E-state index is 0.0843. The van der Waals surface area contributed by atoms with Gasteiger partial charge in [0.05, 0.1) is 19.3 Å². The normalized spacial score (nSPS) is 9.82. The van der Waals surface area contributed by atoms with E-state index in [0.717, 1.165) is 0 Å². The van der Waals surface area contributed by atoms with Gasteiger partial charge in [0.1, 0.15) is 5.75 Å². The van der Waals surface area contributed by atoms with Gasteiger partial charge in [0.15, 0.2) is 5.78 Å². The Morgan fingerprint density at radius 3 is 2.59 bits per heavy atom. The van der Waals surface area contributed by atoms with E-state index in [2.05, 4.69) is 10.6 Å². The Balaban J connectivity index is 3.09. The van der Waals surface area contributed by atoms with Gasteiger partial charge in [0, 0.05) is 18.6 Å². The van der Waals surface area contributed by atoms with E-state index in [1.54, 1.807) is 25.2 Å². The van der Waals surface area contributed by atoms with Crippen molar-refractivity contribution in [3.05, 3.63) is 23.8 Å². The van der Waals surface area contributed by atoms with Gasteiger partial charge < -0.3 is 15.4 Å². The number of nitrogens with one attached hydrogen (secondary N) is 2. The summed E-state index contributed by atoms with van der Waals surface area (Å²) >= 11 is 0. The first-order chi connectivity index (χ1) is 8.08. The molecule has 0 fully saturated rings. The lowest BCUT2D eigenvalue weighted by Gasteiger charge is -2.10. The number of methoxy groups -OCH3 is 1. The molecule has 1 aromatic rings. The van der Waals surface area contributed by atoms with Gasteiger partial charge in [-0.25, -0.2) is 0 Å². The molecule has 0 atom stereocenters. The fourth-order valence-electron chi connectivity index (χ4n) is 1.44. The predicted octanol–water partition coefficient (Wildman–Crippen LogP) is 1.06. The van der Waals surface area contributed by atoms with E-state index >= 15 is 0 Å². The maximum atomic E-state index is 11.8. The van der Waals surface area contributed by atoms with Crippen molar-refractivity contribution in [2.45, 2.75) is 6.92 Å². The highest BCUT2D eigenvalue weighted by molar-refractivity contribution is 6.05. The van der Waals surface area contributed by atoms with Crippen molar-refractivity contribution < 1.29 is 14.3 Å². The van der Waals surface area contributed by atoms with E-state index in [4.69, 9.17) is 4.74 Å². The molecule has 0 heterocycles. The summed E-state index contributed by atoms with van der Waals surface area (Å²) in [7, 11) is 3.22. The van der Waals surface area contributed by atoms with Gasteiger partial charge in [0.2, 0.25) is 5.91 Å². The SMILES string of the molecule is CNCC(=O)c1ccc(OC)cc1NC(C)=O. The Morgan fingerprint density at radius 2 is 2.06 bits per heavy atom. The third kappa shape index (κ3) is 3.57. The highest BCUT2D eigenvalue weighted by Gasteiger charge is 2.12. The van der Waals surface area contributed by atoms with Crippen molar-refractivity contribution in [1.82, 2.24) is 5.32 Å². The lowest BCUT2D eigenvalue weighted by Crippen LogP contribution is -2.20. The second kappa shape index (κ2) is 6.00. The van der Waals surface area contributed by atoms with E-state index in [1.165, 1.54) is 14.0 Å². The average Bonchev–Trinajstić information content (AvgIpc) is 2.28. The van der Waals surface area contributed by atoms with Gasteiger partial charge in [-0.2, -0.15) is 0 Å². The second-order valence-corrected chi connectivity index (χ2v) is 3.55. The molecule has 92 valence electrons. The molecular weight excluding hydrogens is 220 g/mol. The van der Waals surface area contributed by atoms with E-state index in [1.807, 2.05) is 0 Å². The minimum atomic E-state index is -0.225. The molecule has 0 bridgehead atoms. The Kier molecular flexibility index (Phi) is 4.66. The fourth-order valence-corrected chi connectivity index (χ4v) is 1.44. The van der Waals surface area contributed by atoms with Crippen LogP contribution in [0.25, 0.3) is 0 Å². The Bertz CT molecular complexity index is 430. The number of Topliss-reactive ketones (excluding diaryl/α,β-unsaturated/α-hetero) is 1. The summed E-state index contributed by atoms with van der Waals surface area (Å²) < 4.78 is 5.05. The number of carbonyl (C=O) groups excluding carboxylic acids is 2. The van der Waals surface area contributed by atoms with Crippen molar-refractivity contribution in [3.8, 4) is 5.75 Å². The number of hydrogen-bond donors (Lipinski definition) is 2. The third-order valence-corrected chi connectivity index (χ3v) is 2.18. The van der Waals surface area contributed by atoms with Crippen molar-refractivity contribution in [2.75, 3.05) is 26.0 Å². The topological polar surface area (TPSA) is 67.4 Å². The first-order valence-electron chi connectivity index (χ1n) is 5.22. The van der Waals surface area contributed by atoms with Gasteiger partial charge in [-0.15, -0.1) is 0 Å². The zero-order valence-corrected chi connectivity index (χ0v) is 10.2. The second-order valence-electron chi connectivity index (χ2n) is 3.55. The van der Waals surface area contributed by atoms with Crippen LogP contribution in [0.15, 0.2) is 18.2 Å². The third-order valence-electron chi connectivity index (χ3n) is 2.18. The summed E-state index contributed by atoms with van der Waals surface area (Å²) in [5, 5.41) is 5.40. The largest absolute Gasteiger partial charge is 0.497 e. The Hall–Kier alpha value is -1.88. The predicted molar refractivity (Wildman–Crippen MR) is 65.6 cm³/mol. The molecule has 17 heavy (non-hydrogen) atoms. The van der Waals surface area contributed by atoms with Gasteiger partial charge in [0.25, 0.3) is 0 Å². The molecule has 2 N–H and O–H groups in total. The fraction of sp³-hybridized carbons (Fsp3) is 0.333. The zero-order chi connectivity index (χ0) is 12.8. The van der Waals surface area contributed by atoms with Gasteiger partial charge >= 0.3 is 0 Å². The van der Waals surface area contributed by atoms with Crippen LogP contribution in [0.1, 0.15) is 17.3 Å². The Labute approximate surface area is 100 Å². The number of hydrogen-bond acceptors (Lipinski definition) is 4. The van der Waals surface area contributed by atoms with Crippen LogP contribution in [-0.4, -0.2) is 32.4 Å². The van der Waals surface area contributed by atoms with Crippen molar-refractivity contribution in [1.29, 1.82) is 0 Å². The molecule has 0 saturated heterocycles. The van der Waals surface area contributed by atoms with Crippen LogP contribution in [-0.2, 0) is 4.79 Å². The monoisotopic (exact) mass is 236 g/mol. The number of rotatable bonds is 5. The lowest BCUT2D eigenvalue weighted by atomic mass is 10.1. The quantitative estimate of drug-likeness (QED) is 0.750. The van der Waals surface area contributed by atoms with E-state index in [0.29, 0.717) is 17.0 Å². The molecule has 0 unspecified atom stereocenters. The molecule has 0 spiro atoms. The van der Waals surface area contributed by atoms with Crippen LogP contribution < -0.4 is 15.4 Å². The summed E-state index contributed by atoms with van der Waals surface area (Å²) in [5.41, 5.74) is 0.937. The van der Waals surface area contributed by atoms with Crippen molar-refractivity contribution >= 4 is 17.4 Å². The molecule has 1 amide bonds. The van der Waals surface area contributed by atoms with Gasteiger partial charge in [-0.1, -0.05) is 0 Å². The number of anilines is 1. The first kappa shape index (κ1) is 13.2. The number of likely N-dealkylation sites (N-methyl/N-ethyl adjacent to an activating group) is 1. The van der Waals surface area contributed by atoms with Crippen molar-refractivity contribution in [2.24, 2.45) is 0 Å². The number of benzene rings is 1. The van der Waals surface area contributed by atoms with Gasteiger partial charge in [-0.3, -0.25) is 9.59 Å². The molecule has 0 aliphatic carbocycles. The van der Waals surface area contributed by atoms with Crippen LogP contribution >= 0.6 is 0 Å². The highest BCUT2D eigenvalue weighted by atomic mass is 16.5. The molecular formula is C12H16N2O3. The number of ketones is 1. The molecule has 0 aliphatic rings. The van der Waals surface area contributed by atoms with E-state index < -0.39 is 0 Å². The summed E-state index contributed by atoms with van der Waals surface area (Å²) in [6, 6.07) is 4.96. The highest BCUT2D eigenvalue weighted by Crippen LogP contribution is 2.22. The molecule has 1 aromatic carbocycles. The smallest absolute Gasteiger partial charge is 0.221 e. The molecule has 0 saturated carbocycles. The molecule has 0 aromatic heterocycles. The summed E-state index contributed by atoms with van der Waals surface area (Å²) in [4.78, 5) is 22.9. The summed E-state index contributed by atoms with van der Waals surface area (Å²) in [5.74, 6) is 0.283. The van der Waals surface area contributed by atoms with Crippen LogP contribution in [0.3, 0.4) is 0 Å². The van der Waals surface area contributed by atoms with Crippen LogP contribution in [0, 0.1) is 0 Å². The molecule has 5 heteroatoms. The molecule has 5 nitrogen and oxygen atoms in total. The minimum Gasteiger partial charge on any atom is -0.497 e. The van der Waals surface area contributed by atoms with Gasteiger partial charge in [-0.05, 0) is 19.2 Å². The molecule has 0 radical (unpaired) electrons. The van der Waals surface area contributed by atoms with Crippen LogP contribution in [0.4, 0.5) is 5.69 Å². The maximum Gasteiger partial charge on any atom is 0.221 e. The number of ether oxygens (including phenoxy) is 1.